The zero-order valence-corrected chi connectivity index (χ0v) is 9.74. The molecule has 0 atom stereocenters. The van der Waals surface area contributed by atoms with Crippen LogP contribution < -0.4 is 10.6 Å². The van der Waals surface area contributed by atoms with Crippen LogP contribution in [-0.2, 0) is 0 Å². The van der Waals surface area contributed by atoms with E-state index in [4.69, 9.17) is 0 Å². The third kappa shape index (κ3) is 3.25. The summed E-state index contributed by atoms with van der Waals surface area (Å²) in [6.45, 7) is 0. The molecule has 2 amide bonds. The van der Waals surface area contributed by atoms with Crippen molar-refractivity contribution in [2.75, 3.05) is 10.6 Å². The fourth-order valence-corrected chi connectivity index (χ4v) is 1.46. The average Bonchev–Trinajstić information content (AvgIpc) is 2.40. The lowest BCUT2D eigenvalue weighted by Gasteiger charge is -2.07. The van der Waals surface area contributed by atoms with Crippen molar-refractivity contribution in [3.8, 4) is 0 Å². The van der Waals surface area contributed by atoms with Gasteiger partial charge in [-0.1, -0.05) is 12.1 Å². The minimum atomic E-state index is -0.555. The van der Waals surface area contributed by atoms with E-state index in [1.165, 1.54) is 30.6 Å². The van der Waals surface area contributed by atoms with Crippen LogP contribution in [0.25, 0.3) is 0 Å². The van der Waals surface area contributed by atoms with Crippen LogP contribution in [0.3, 0.4) is 0 Å². The largest absolute Gasteiger partial charge is 0.323 e. The Labute approximate surface area is 108 Å². The Balaban J connectivity index is 2.09. The highest BCUT2D eigenvalue weighted by molar-refractivity contribution is 6.01. The minimum absolute atomic E-state index is 0.138. The summed E-state index contributed by atoms with van der Waals surface area (Å²) < 4.78 is 0. The summed E-state index contributed by atoms with van der Waals surface area (Å²) in [5.41, 5.74) is 0.525. The van der Waals surface area contributed by atoms with Gasteiger partial charge in [0.15, 0.2) is 0 Å². The van der Waals surface area contributed by atoms with E-state index in [1.807, 2.05) is 0 Å². The van der Waals surface area contributed by atoms with Crippen molar-refractivity contribution in [3.63, 3.8) is 0 Å². The van der Waals surface area contributed by atoms with Crippen molar-refractivity contribution in [1.29, 1.82) is 0 Å². The number of rotatable bonds is 3. The molecule has 7 heteroatoms. The topological polar surface area (TPSA) is 97.2 Å². The first-order valence-electron chi connectivity index (χ1n) is 5.38. The average molecular weight is 258 g/mol. The molecule has 0 unspecified atom stereocenters. The summed E-state index contributed by atoms with van der Waals surface area (Å²) in [6.07, 6.45) is 3.06. The summed E-state index contributed by atoms with van der Waals surface area (Å²) in [4.78, 5) is 25.7. The van der Waals surface area contributed by atoms with E-state index in [2.05, 4.69) is 15.6 Å². The first kappa shape index (κ1) is 12.5. The van der Waals surface area contributed by atoms with Crippen LogP contribution in [0.5, 0.6) is 0 Å². The molecule has 2 N–H and O–H groups in total. The Bertz CT molecular complexity index is 601. The number of nitrogens with zero attached hydrogens (tertiary/aromatic N) is 2. The highest BCUT2D eigenvalue weighted by Gasteiger charge is 2.14. The standard InChI is InChI=1S/C12H10N4O3/c17-12(14-9-5-7-13-8-6-9)15-10-3-1-2-4-11(10)16(18)19/h1-8H,(H2,13,14,15,17). The fraction of sp³-hybridized carbons (Fsp3) is 0. The summed E-state index contributed by atoms with van der Waals surface area (Å²) in [5, 5.41) is 15.8. The molecule has 1 aromatic heterocycles. The molecule has 0 bridgehead atoms. The van der Waals surface area contributed by atoms with Crippen LogP contribution in [0, 0.1) is 10.1 Å². The molecule has 0 aliphatic rings. The highest BCUT2D eigenvalue weighted by Crippen LogP contribution is 2.23. The van der Waals surface area contributed by atoms with Gasteiger partial charge in [-0.15, -0.1) is 0 Å². The molecule has 1 aromatic carbocycles. The van der Waals surface area contributed by atoms with Gasteiger partial charge in [0.1, 0.15) is 5.69 Å². The van der Waals surface area contributed by atoms with E-state index < -0.39 is 11.0 Å². The van der Waals surface area contributed by atoms with Gasteiger partial charge in [0.05, 0.1) is 4.92 Å². The second-order valence-electron chi connectivity index (χ2n) is 3.59. The zero-order chi connectivity index (χ0) is 13.7. The molecule has 96 valence electrons. The fourth-order valence-electron chi connectivity index (χ4n) is 1.46. The molecule has 2 rings (SSSR count). The van der Waals surface area contributed by atoms with Crippen molar-refractivity contribution in [2.45, 2.75) is 0 Å². The Morgan fingerprint density at radius 3 is 2.47 bits per heavy atom. The lowest BCUT2D eigenvalue weighted by atomic mass is 10.3. The Hall–Kier alpha value is -2.96. The van der Waals surface area contributed by atoms with E-state index in [0.717, 1.165) is 0 Å². The predicted molar refractivity (Wildman–Crippen MR) is 70.0 cm³/mol. The van der Waals surface area contributed by atoms with Crippen LogP contribution in [0.15, 0.2) is 48.8 Å². The van der Waals surface area contributed by atoms with Crippen LogP contribution in [-0.4, -0.2) is 15.9 Å². The van der Waals surface area contributed by atoms with Gasteiger partial charge in [0, 0.05) is 24.1 Å². The maximum Gasteiger partial charge on any atom is 0.323 e. The first-order chi connectivity index (χ1) is 9.16. The number of para-hydroxylation sites is 2. The quantitative estimate of drug-likeness (QED) is 0.653. The molecule has 0 saturated heterocycles. The lowest BCUT2D eigenvalue weighted by Crippen LogP contribution is -2.20. The normalized spacial score (nSPS) is 9.68. The molecule has 1 heterocycles. The van der Waals surface area contributed by atoms with Gasteiger partial charge in [-0.25, -0.2) is 4.79 Å². The molecular formula is C12H10N4O3. The number of anilines is 2. The van der Waals surface area contributed by atoms with Gasteiger partial charge in [-0.05, 0) is 18.2 Å². The van der Waals surface area contributed by atoms with Crippen molar-refractivity contribution >= 4 is 23.1 Å². The lowest BCUT2D eigenvalue weighted by molar-refractivity contribution is -0.383. The maximum atomic E-state index is 11.7. The predicted octanol–water partition coefficient (Wildman–Crippen LogP) is 2.63. The zero-order valence-electron chi connectivity index (χ0n) is 9.74. The Morgan fingerprint density at radius 2 is 1.79 bits per heavy atom. The van der Waals surface area contributed by atoms with E-state index in [-0.39, 0.29) is 11.4 Å². The molecule has 0 aliphatic carbocycles. The van der Waals surface area contributed by atoms with Crippen LogP contribution in [0.4, 0.5) is 21.9 Å². The highest BCUT2D eigenvalue weighted by atomic mass is 16.6. The molecule has 19 heavy (non-hydrogen) atoms. The minimum Gasteiger partial charge on any atom is -0.308 e. The second-order valence-corrected chi connectivity index (χ2v) is 3.59. The van der Waals surface area contributed by atoms with E-state index in [1.54, 1.807) is 18.2 Å². The number of amides is 2. The molecule has 0 aliphatic heterocycles. The number of carbonyl (C=O) groups is 1. The number of aromatic nitrogens is 1. The van der Waals surface area contributed by atoms with Crippen molar-refractivity contribution in [3.05, 3.63) is 58.9 Å². The number of hydrogen-bond acceptors (Lipinski definition) is 4. The number of nitrogens with one attached hydrogen (secondary N) is 2. The van der Waals surface area contributed by atoms with Gasteiger partial charge in [-0.2, -0.15) is 0 Å². The van der Waals surface area contributed by atoms with Crippen LogP contribution >= 0.6 is 0 Å². The van der Waals surface area contributed by atoms with Gasteiger partial charge in [0.25, 0.3) is 5.69 Å². The molecular weight excluding hydrogens is 248 g/mol. The van der Waals surface area contributed by atoms with E-state index >= 15 is 0 Å². The molecule has 0 fully saturated rings. The monoisotopic (exact) mass is 258 g/mol. The number of nitro groups is 1. The van der Waals surface area contributed by atoms with Crippen molar-refractivity contribution < 1.29 is 9.72 Å². The number of urea groups is 1. The smallest absolute Gasteiger partial charge is 0.308 e. The summed E-state index contributed by atoms with van der Waals surface area (Å²) in [6, 6.07) is 8.59. The molecule has 0 saturated carbocycles. The number of hydrogen-bond donors (Lipinski definition) is 2. The van der Waals surface area contributed by atoms with Gasteiger partial charge in [-0.3, -0.25) is 15.1 Å². The third-order valence-corrected chi connectivity index (χ3v) is 2.29. The maximum absolute atomic E-state index is 11.7. The number of carbonyl (C=O) groups excluding carboxylic acids is 1. The molecule has 2 aromatic rings. The van der Waals surface area contributed by atoms with E-state index in [0.29, 0.717) is 5.69 Å². The second kappa shape index (κ2) is 5.58. The first-order valence-corrected chi connectivity index (χ1v) is 5.38. The van der Waals surface area contributed by atoms with Gasteiger partial charge in [0.2, 0.25) is 0 Å². The Kier molecular flexibility index (Phi) is 3.67. The number of pyridine rings is 1. The summed E-state index contributed by atoms with van der Waals surface area (Å²) >= 11 is 0. The molecule has 0 spiro atoms. The van der Waals surface area contributed by atoms with Crippen LogP contribution in [0.2, 0.25) is 0 Å². The van der Waals surface area contributed by atoms with E-state index in [9.17, 15) is 14.9 Å². The van der Waals surface area contributed by atoms with Gasteiger partial charge < -0.3 is 10.6 Å². The number of nitro benzene ring substituents is 1. The molecule has 0 radical (unpaired) electrons. The van der Waals surface area contributed by atoms with Crippen molar-refractivity contribution in [2.24, 2.45) is 0 Å². The third-order valence-electron chi connectivity index (χ3n) is 2.29. The number of benzene rings is 1. The Morgan fingerprint density at radius 1 is 1.11 bits per heavy atom. The summed E-state index contributed by atoms with van der Waals surface area (Å²) in [7, 11) is 0. The van der Waals surface area contributed by atoms with Crippen molar-refractivity contribution in [1.82, 2.24) is 4.98 Å². The molecule has 7 nitrogen and oxygen atoms in total. The van der Waals surface area contributed by atoms with Crippen LogP contribution in [0.1, 0.15) is 0 Å². The summed E-state index contributed by atoms with van der Waals surface area (Å²) in [5.74, 6) is 0. The SMILES string of the molecule is O=C(Nc1ccncc1)Nc1ccccc1[N+](=O)[O-]. The van der Waals surface area contributed by atoms with Gasteiger partial charge >= 0.3 is 6.03 Å².